The van der Waals surface area contributed by atoms with E-state index in [1.165, 1.54) is 35.6 Å². The first-order chi connectivity index (χ1) is 18.3. The average Bonchev–Trinajstić information content (AvgIpc) is 3.51. The Bertz CT molecular complexity index is 1540. The maximum Gasteiger partial charge on any atom is 0.326 e. The summed E-state index contributed by atoms with van der Waals surface area (Å²) < 4.78 is 46.5. The highest BCUT2D eigenvalue weighted by atomic mass is 32.2. The van der Waals surface area contributed by atoms with Gasteiger partial charge in [0.1, 0.15) is 6.54 Å². The van der Waals surface area contributed by atoms with E-state index in [-0.39, 0.29) is 36.4 Å². The zero-order valence-corrected chi connectivity index (χ0v) is 22.8. The number of aromatic nitrogens is 1. The third-order valence-corrected chi connectivity index (χ3v) is 9.73. The van der Waals surface area contributed by atoms with Crippen LogP contribution in [0.1, 0.15) is 49.9 Å². The normalized spacial score (nSPS) is 18.2. The molecule has 1 atom stereocenters. The van der Waals surface area contributed by atoms with E-state index in [2.05, 4.69) is 4.99 Å². The molecule has 0 spiro atoms. The molecule has 0 bridgehead atoms. The number of sulfonamides is 1. The summed E-state index contributed by atoms with van der Waals surface area (Å²) in [5, 5.41) is 0. The van der Waals surface area contributed by atoms with Crippen LogP contribution in [0.25, 0.3) is 10.2 Å². The van der Waals surface area contributed by atoms with E-state index >= 15 is 0 Å². The van der Waals surface area contributed by atoms with Crippen LogP contribution in [0.15, 0.2) is 46.3 Å². The maximum atomic E-state index is 13.3. The van der Waals surface area contributed by atoms with Gasteiger partial charge in [-0.05, 0) is 50.5 Å². The molecule has 0 N–H and O–H groups in total. The molecule has 1 aromatic heterocycles. The predicted molar refractivity (Wildman–Crippen MR) is 141 cm³/mol. The number of ether oxygens (including phenoxy) is 3. The Balaban J connectivity index is 1.47. The molecule has 12 heteroatoms. The van der Waals surface area contributed by atoms with Gasteiger partial charge >= 0.3 is 5.97 Å². The van der Waals surface area contributed by atoms with Gasteiger partial charge in [-0.3, -0.25) is 9.59 Å². The molecule has 1 unspecified atom stereocenters. The number of hydrogen-bond donors (Lipinski definition) is 0. The van der Waals surface area contributed by atoms with Crippen molar-refractivity contribution in [2.24, 2.45) is 4.99 Å². The SMILES string of the molecule is CCOC(=O)Cn1c(=NC(=O)c2ccc(S(=O)(=O)N3CCCCC3CC)cc2)sc2cc3c(cc21)OCO3. The fourth-order valence-electron chi connectivity index (χ4n) is 4.79. The lowest BCUT2D eigenvalue weighted by atomic mass is 10.0. The van der Waals surface area contributed by atoms with Gasteiger partial charge in [0.05, 0.1) is 21.7 Å². The Morgan fingerprint density at radius 3 is 2.55 bits per heavy atom. The van der Waals surface area contributed by atoms with Crippen molar-refractivity contribution in [2.75, 3.05) is 19.9 Å². The number of carbonyl (C=O) groups is 2. The first-order valence-corrected chi connectivity index (χ1v) is 14.9. The molecule has 3 heterocycles. The van der Waals surface area contributed by atoms with Gasteiger partial charge in [-0.15, -0.1) is 0 Å². The van der Waals surface area contributed by atoms with Gasteiger partial charge in [-0.25, -0.2) is 8.42 Å². The second-order valence-corrected chi connectivity index (χ2v) is 12.0. The number of esters is 1. The summed E-state index contributed by atoms with van der Waals surface area (Å²) in [5.74, 6) is 0.108. The van der Waals surface area contributed by atoms with E-state index in [4.69, 9.17) is 14.2 Å². The number of fused-ring (bicyclic) bond motifs is 2. The van der Waals surface area contributed by atoms with E-state index in [1.807, 2.05) is 6.92 Å². The Hall–Kier alpha value is -3.22. The molecule has 0 aliphatic carbocycles. The number of hydrogen-bond acceptors (Lipinski definition) is 8. The molecule has 0 radical (unpaired) electrons. The minimum absolute atomic E-state index is 0.00923. The molecule has 38 heavy (non-hydrogen) atoms. The van der Waals surface area contributed by atoms with Gasteiger partial charge in [0.25, 0.3) is 5.91 Å². The zero-order valence-electron chi connectivity index (χ0n) is 21.2. The van der Waals surface area contributed by atoms with Gasteiger partial charge in [0.15, 0.2) is 16.3 Å². The molecule has 1 amide bonds. The quantitative estimate of drug-likeness (QED) is 0.405. The van der Waals surface area contributed by atoms with Crippen molar-refractivity contribution in [2.45, 2.75) is 57.0 Å². The van der Waals surface area contributed by atoms with Gasteiger partial charge in [-0.1, -0.05) is 24.7 Å². The number of rotatable bonds is 7. The fourth-order valence-corrected chi connectivity index (χ4v) is 7.59. The van der Waals surface area contributed by atoms with Crippen molar-refractivity contribution in [3.05, 3.63) is 46.8 Å². The Morgan fingerprint density at radius 1 is 1.11 bits per heavy atom. The van der Waals surface area contributed by atoms with Crippen LogP contribution in [-0.2, 0) is 26.1 Å². The van der Waals surface area contributed by atoms with Gasteiger partial charge in [0, 0.05) is 30.3 Å². The van der Waals surface area contributed by atoms with E-state index in [0.717, 1.165) is 30.4 Å². The number of carbonyl (C=O) groups excluding carboxylic acids is 2. The first-order valence-electron chi connectivity index (χ1n) is 12.6. The monoisotopic (exact) mass is 559 g/mol. The number of amides is 1. The molecule has 2 aliphatic rings. The van der Waals surface area contributed by atoms with Crippen molar-refractivity contribution in [3.8, 4) is 11.5 Å². The summed E-state index contributed by atoms with van der Waals surface area (Å²) in [5.41, 5.74) is 0.899. The molecular formula is C26H29N3O7S2. The van der Waals surface area contributed by atoms with E-state index in [9.17, 15) is 18.0 Å². The summed E-state index contributed by atoms with van der Waals surface area (Å²) >= 11 is 1.23. The fraction of sp³-hybridized carbons (Fsp3) is 0.423. The number of thiazole rings is 1. The highest BCUT2D eigenvalue weighted by molar-refractivity contribution is 7.89. The van der Waals surface area contributed by atoms with Crippen molar-refractivity contribution < 1.29 is 32.2 Å². The first kappa shape index (κ1) is 26.4. The molecule has 1 saturated heterocycles. The van der Waals surface area contributed by atoms with Crippen molar-refractivity contribution in [3.63, 3.8) is 0 Å². The van der Waals surface area contributed by atoms with Crippen molar-refractivity contribution in [1.82, 2.24) is 8.87 Å². The van der Waals surface area contributed by atoms with Crippen LogP contribution < -0.4 is 14.3 Å². The number of benzene rings is 2. The van der Waals surface area contributed by atoms with Crippen LogP contribution in [-0.4, -0.2) is 55.2 Å². The second-order valence-electron chi connectivity index (χ2n) is 9.06. The largest absolute Gasteiger partial charge is 0.465 e. The Labute approximate surface area is 224 Å². The van der Waals surface area contributed by atoms with Crippen LogP contribution in [0.2, 0.25) is 0 Å². The Kier molecular flexibility index (Phi) is 7.55. The van der Waals surface area contributed by atoms with E-state index in [1.54, 1.807) is 27.9 Å². The number of piperidine rings is 1. The molecule has 10 nitrogen and oxygen atoms in total. The molecule has 3 aromatic rings. The molecule has 2 aliphatic heterocycles. The third kappa shape index (κ3) is 5.07. The summed E-state index contributed by atoms with van der Waals surface area (Å²) in [7, 11) is -3.66. The Morgan fingerprint density at radius 2 is 1.84 bits per heavy atom. The van der Waals surface area contributed by atoms with Crippen molar-refractivity contribution in [1.29, 1.82) is 0 Å². The number of nitrogens with zero attached hydrogens (tertiary/aromatic N) is 3. The van der Waals surface area contributed by atoms with Crippen LogP contribution in [0.5, 0.6) is 11.5 Å². The molecule has 5 rings (SSSR count). The minimum Gasteiger partial charge on any atom is -0.465 e. The van der Waals surface area contributed by atoms with Crippen LogP contribution in [0, 0.1) is 0 Å². The lowest BCUT2D eigenvalue weighted by molar-refractivity contribution is -0.143. The topological polar surface area (TPSA) is 117 Å². The molecule has 1 fully saturated rings. The highest BCUT2D eigenvalue weighted by Crippen LogP contribution is 2.37. The minimum atomic E-state index is -3.66. The maximum absolute atomic E-state index is 13.3. The average molecular weight is 560 g/mol. The van der Waals surface area contributed by atoms with Crippen molar-refractivity contribution >= 4 is 43.5 Å². The summed E-state index contributed by atoms with van der Waals surface area (Å²) in [6.07, 6.45) is 3.48. The van der Waals surface area contributed by atoms with Gasteiger partial charge in [0.2, 0.25) is 16.8 Å². The molecule has 202 valence electrons. The van der Waals surface area contributed by atoms with Crippen LogP contribution in [0.3, 0.4) is 0 Å². The summed E-state index contributed by atoms with van der Waals surface area (Å²) in [6, 6.07) is 9.39. The smallest absolute Gasteiger partial charge is 0.326 e. The summed E-state index contributed by atoms with van der Waals surface area (Å²) in [4.78, 5) is 30.2. The molecule has 2 aromatic carbocycles. The molecular weight excluding hydrogens is 530 g/mol. The standard InChI is InChI=1S/C26H29N3O7S2/c1-3-18-7-5-6-12-29(18)38(32,33)19-10-8-17(9-11-19)25(31)27-26-28(15-24(30)34-4-2)20-13-21-22(36-16-35-21)14-23(20)37-26/h8-11,13-14,18H,3-7,12,15-16H2,1-2H3. The highest BCUT2D eigenvalue weighted by Gasteiger charge is 2.32. The van der Waals surface area contributed by atoms with Crippen LogP contribution >= 0.6 is 11.3 Å². The molecule has 0 saturated carbocycles. The lowest BCUT2D eigenvalue weighted by Crippen LogP contribution is -2.43. The lowest BCUT2D eigenvalue weighted by Gasteiger charge is -2.34. The van der Waals surface area contributed by atoms with E-state index < -0.39 is 21.9 Å². The van der Waals surface area contributed by atoms with Gasteiger partial charge < -0.3 is 18.8 Å². The van der Waals surface area contributed by atoms with Gasteiger partial charge in [-0.2, -0.15) is 9.30 Å². The second kappa shape index (κ2) is 10.9. The third-order valence-electron chi connectivity index (χ3n) is 6.72. The predicted octanol–water partition coefficient (Wildman–Crippen LogP) is 3.69. The zero-order chi connectivity index (χ0) is 26.9. The summed E-state index contributed by atoms with van der Waals surface area (Å²) in [6.45, 7) is 4.43. The van der Waals surface area contributed by atoms with E-state index in [0.29, 0.717) is 28.4 Å². The van der Waals surface area contributed by atoms with Crippen LogP contribution in [0.4, 0.5) is 0 Å².